The number of Topliss-reactive ketones (excluding diaryl/α,β-unsaturated/α-hetero) is 3. The number of hydrogen-bond acceptors (Lipinski definition) is 3. The molecule has 0 saturated heterocycles. The molecule has 4 saturated carbocycles. The fourth-order valence-electron chi connectivity index (χ4n) is 6.61. The summed E-state index contributed by atoms with van der Waals surface area (Å²) in [4.78, 5) is 37.0. The van der Waals surface area contributed by atoms with Gasteiger partial charge in [-0.1, -0.05) is 13.8 Å². The lowest BCUT2D eigenvalue weighted by molar-refractivity contribution is -0.159. The highest BCUT2D eigenvalue weighted by Crippen LogP contribution is 2.64. The van der Waals surface area contributed by atoms with Crippen molar-refractivity contribution in [2.75, 3.05) is 0 Å². The smallest absolute Gasteiger partial charge is 0.139 e. The highest BCUT2D eigenvalue weighted by Gasteiger charge is 2.62. The van der Waals surface area contributed by atoms with Crippen LogP contribution in [0.15, 0.2) is 0 Å². The van der Waals surface area contributed by atoms with Gasteiger partial charge in [0.15, 0.2) is 0 Å². The zero-order valence-corrected chi connectivity index (χ0v) is 13.7. The molecule has 0 bridgehead atoms. The van der Waals surface area contributed by atoms with Gasteiger partial charge in [0, 0.05) is 37.0 Å². The average Bonchev–Trinajstić information content (AvgIpc) is 2.77. The van der Waals surface area contributed by atoms with E-state index in [0.717, 1.165) is 25.7 Å². The van der Waals surface area contributed by atoms with Gasteiger partial charge < -0.3 is 0 Å². The Kier molecular flexibility index (Phi) is 3.00. The minimum Gasteiger partial charge on any atom is -0.300 e. The standard InChI is InChI=1S/C19H26O3/c1-18-7-5-11(20)9-15(18)16(21)10-12-13-3-4-17(22)19(13,2)8-6-14(12)18/h12-15H,3-10H2,1-2H3/t12-,13+,14-,15-,18+,19+/m1/s1. The van der Waals surface area contributed by atoms with Gasteiger partial charge in [0.05, 0.1) is 0 Å². The summed E-state index contributed by atoms with van der Waals surface area (Å²) in [6, 6.07) is 0. The van der Waals surface area contributed by atoms with Crippen LogP contribution >= 0.6 is 0 Å². The van der Waals surface area contributed by atoms with E-state index in [1.165, 1.54) is 0 Å². The Morgan fingerprint density at radius 2 is 1.68 bits per heavy atom. The van der Waals surface area contributed by atoms with Crippen LogP contribution in [-0.2, 0) is 14.4 Å². The molecule has 0 aromatic carbocycles. The Labute approximate surface area is 132 Å². The number of fused-ring (bicyclic) bond motifs is 5. The molecule has 0 heterocycles. The van der Waals surface area contributed by atoms with Gasteiger partial charge in [0.25, 0.3) is 0 Å². The van der Waals surface area contributed by atoms with Crippen molar-refractivity contribution in [3.63, 3.8) is 0 Å². The number of hydrogen-bond donors (Lipinski definition) is 0. The molecule has 0 radical (unpaired) electrons. The van der Waals surface area contributed by atoms with Gasteiger partial charge in [0.1, 0.15) is 17.3 Å². The lowest BCUT2D eigenvalue weighted by Crippen LogP contribution is -2.56. The lowest BCUT2D eigenvalue weighted by atomic mass is 9.45. The van der Waals surface area contributed by atoms with Crippen LogP contribution in [0, 0.1) is 34.5 Å². The van der Waals surface area contributed by atoms with Crippen LogP contribution in [0.2, 0.25) is 0 Å². The lowest BCUT2D eigenvalue weighted by Gasteiger charge is -2.58. The van der Waals surface area contributed by atoms with Crippen LogP contribution in [0.4, 0.5) is 0 Å². The van der Waals surface area contributed by atoms with E-state index >= 15 is 0 Å². The van der Waals surface area contributed by atoms with E-state index in [9.17, 15) is 14.4 Å². The van der Waals surface area contributed by atoms with Crippen LogP contribution in [0.1, 0.15) is 65.2 Å². The monoisotopic (exact) mass is 302 g/mol. The molecule has 0 aromatic rings. The molecule has 4 rings (SSSR count). The van der Waals surface area contributed by atoms with E-state index in [1.807, 2.05) is 0 Å². The second kappa shape index (κ2) is 4.52. The fourth-order valence-corrected chi connectivity index (χ4v) is 6.61. The van der Waals surface area contributed by atoms with Crippen molar-refractivity contribution in [2.45, 2.75) is 65.2 Å². The van der Waals surface area contributed by atoms with Crippen molar-refractivity contribution >= 4 is 17.3 Å². The molecule has 0 aromatic heterocycles. The summed E-state index contributed by atoms with van der Waals surface area (Å²) in [5, 5.41) is 0. The molecular formula is C19H26O3. The molecule has 120 valence electrons. The van der Waals surface area contributed by atoms with Crippen molar-refractivity contribution in [1.82, 2.24) is 0 Å². The zero-order chi connectivity index (χ0) is 15.7. The second-order valence-electron chi connectivity index (χ2n) is 8.77. The van der Waals surface area contributed by atoms with Crippen LogP contribution in [-0.4, -0.2) is 17.3 Å². The van der Waals surface area contributed by atoms with Gasteiger partial charge in [-0.15, -0.1) is 0 Å². The maximum absolute atomic E-state index is 12.8. The number of carbonyl (C=O) groups excluding carboxylic acids is 3. The third kappa shape index (κ3) is 1.71. The van der Waals surface area contributed by atoms with Crippen molar-refractivity contribution in [2.24, 2.45) is 34.5 Å². The van der Waals surface area contributed by atoms with E-state index in [-0.39, 0.29) is 22.5 Å². The van der Waals surface area contributed by atoms with Crippen LogP contribution < -0.4 is 0 Å². The second-order valence-corrected chi connectivity index (χ2v) is 8.77. The van der Waals surface area contributed by atoms with Crippen molar-refractivity contribution in [3.05, 3.63) is 0 Å². The third-order valence-electron chi connectivity index (χ3n) is 7.99. The Morgan fingerprint density at radius 3 is 2.45 bits per heavy atom. The molecule has 4 fully saturated rings. The van der Waals surface area contributed by atoms with E-state index in [1.54, 1.807) is 0 Å². The zero-order valence-electron chi connectivity index (χ0n) is 13.7. The molecule has 0 N–H and O–H groups in total. The average molecular weight is 302 g/mol. The molecule has 0 unspecified atom stereocenters. The summed E-state index contributed by atoms with van der Waals surface area (Å²) in [5.74, 6) is 2.27. The van der Waals surface area contributed by atoms with Gasteiger partial charge in [-0.25, -0.2) is 0 Å². The van der Waals surface area contributed by atoms with E-state index in [2.05, 4.69) is 13.8 Å². The first-order valence-electron chi connectivity index (χ1n) is 8.94. The SMILES string of the molecule is C[C@@]12CCC(=O)C[C@@H]1C(=O)C[C@H]1[C@H]2CC[C@]2(C)C(=O)CC[C@@H]12. The predicted molar refractivity (Wildman–Crippen MR) is 82.1 cm³/mol. The maximum atomic E-state index is 12.8. The van der Waals surface area contributed by atoms with Gasteiger partial charge in [-0.05, 0) is 48.9 Å². The molecule has 0 spiro atoms. The van der Waals surface area contributed by atoms with E-state index < -0.39 is 0 Å². The first-order chi connectivity index (χ1) is 10.4. The Balaban J connectivity index is 1.71. The fraction of sp³-hybridized carbons (Fsp3) is 0.842. The summed E-state index contributed by atoms with van der Waals surface area (Å²) >= 11 is 0. The Morgan fingerprint density at radius 1 is 0.909 bits per heavy atom. The first kappa shape index (κ1) is 14.6. The van der Waals surface area contributed by atoms with Gasteiger partial charge in [-0.2, -0.15) is 0 Å². The molecular weight excluding hydrogens is 276 g/mol. The first-order valence-corrected chi connectivity index (χ1v) is 8.94. The van der Waals surface area contributed by atoms with Gasteiger partial charge in [-0.3, -0.25) is 14.4 Å². The molecule has 22 heavy (non-hydrogen) atoms. The molecule has 0 amide bonds. The van der Waals surface area contributed by atoms with Crippen molar-refractivity contribution in [1.29, 1.82) is 0 Å². The minimum atomic E-state index is -0.171. The summed E-state index contributed by atoms with van der Waals surface area (Å²) in [6.45, 7) is 4.41. The molecule has 4 aliphatic carbocycles. The van der Waals surface area contributed by atoms with Gasteiger partial charge in [0.2, 0.25) is 0 Å². The summed E-state index contributed by atoms with van der Waals surface area (Å²) in [7, 11) is 0. The highest BCUT2D eigenvalue weighted by molar-refractivity contribution is 5.91. The van der Waals surface area contributed by atoms with Crippen LogP contribution in [0.3, 0.4) is 0 Å². The normalized spacial score (nSPS) is 51.3. The van der Waals surface area contributed by atoms with Crippen LogP contribution in [0.5, 0.6) is 0 Å². The third-order valence-corrected chi connectivity index (χ3v) is 7.99. The number of rotatable bonds is 0. The number of ketones is 3. The minimum absolute atomic E-state index is 0.000871. The van der Waals surface area contributed by atoms with Crippen LogP contribution in [0.25, 0.3) is 0 Å². The predicted octanol–water partition coefficient (Wildman–Crippen LogP) is 3.35. The maximum Gasteiger partial charge on any atom is 0.139 e. The van der Waals surface area contributed by atoms with Crippen molar-refractivity contribution in [3.8, 4) is 0 Å². The highest BCUT2D eigenvalue weighted by atomic mass is 16.1. The van der Waals surface area contributed by atoms with E-state index in [4.69, 9.17) is 0 Å². The summed E-state index contributed by atoms with van der Waals surface area (Å²) in [5.41, 5.74) is -0.171. The molecule has 3 nitrogen and oxygen atoms in total. The van der Waals surface area contributed by atoms with E-state index in [0.29, 0.717) is 55.0 Å². The molecule has 0 aliphatic heterocycles. The van der Waals surface area contributed by atoms with Gasteiger partial charge >= 0.3 is 0 Å². The Bertz CT molecular complexity index is 565. The summed E-state index contributed by atoms with van der Waals surface area (Å²) < 4.78 is 0. The molecule has 4 aliphatic rings. The molecule has 3 heteroatoms. The quantitative estimate of drug-likeness (QED) is 0.689. The topological polar surface area (TPSA) is 51.2 Å². The summed E-state index contributed by atoms with van der Waals surface area (Å²) in [6.07, 6.45) is 6.34. The largest absolute Gasteiger partial charge is 0.300 e. The number of carbonyl (C=O) groups is 3. The van der Waals surface area contributed by atoms with Crippen molar-refractivity contribution < 1.29 is 14.4 Å². The Hall–Kier alpha value is -0.990. The molecule has 6 atom stereocenters.